The summed E-state index contributed by atoms with van der Waals surface area (Å²) in [7, 11) is 0. The standard InChI is InChI=1S/C12H11NO5/c1-2-18-12(17)8(6-13)3-7-4-9(14)11(16)10(15)5-7/h3-5,14-16H,2H2,1H3. The molecule has 0 aliphatic rings. The molecule has 0 aliphatic heterocycles. The Bertz CT molecular complexity index is 519. The first-order valence-electron chi connectivity index (χ1n) is 5.03. The van der Waals surface area contributed by atoms with Gasteiger partial charge in [-0.1, -0.05) is 0 Å². The van der Waals surface area contributed by atoms with Gasteiger partial charge in [0.15, 0.2) is 17.2 Å². The third-order valence-corrected chi connectivity index (χ3v) is 2.02. The summed E-state index contributed by atoms with van der Waals surface area (Å²) in [6.45, 7) is 1.73. The Hall–Kier alpha value is -2.68. The van der Waals surface area contributed by atoms with Gasteiger partial charge in [-0.05, 0) is 30.7 Å². The van der Waals surface area contributed by atoms with Crippen LogP contribution in [0.3, 0.4) is 0 Å². The van der Waals surface area contributed by atoms with Crippen LogP contribution in [0.5, 0.6) is 17.2 Å². The lowest BCUT2D eigenvalue weighted by molar-refractivity contribution is -0.137. The second-order valence-electron chi connectivity index (χ2n) is 3.30. The number of hydrogen-bond donors (Lipinski definition) is 3. The van der Waals surface area contributed by atoms with E-state index in [0.717, 1.165) is 18.2 Å². The fourth-order valence-corrected chi connectivity index (χ4v) is 1.22. The summed E-state index contributed by atoms with van der Waals surface area (Å²) >= 11 is 0. The highest BCUT2D eigenvalue weighted by Gasteiger charge is 2.12. The SMILES string of the molecule is CCOC(=O)C(C#N)=Cc1cc(O)c(O)c(O)c1. The van der Waals surface area contributed by atoms with Crippen molar-refractivity contribution in [3.05, 3.63) is 23.3 Å². The summed E-state index contributed by atoms with van der Waals surface area (Å²) in [6, 6.07) is 3.86. The summed E-state index contributed by atoms with van der Waals surface area (Å²) in [5.41, 5.74) is -0.0891. The Balaban J connectivity index is 3.15. The second-order valence-corrected chi connectivity index (χ2v) is 3.30. The second kappa shape index (κ2) is 5.59. The van der Waals surface area contributed by atoms with Gasteiger partial charge in [-0.25, -0.2) is 4.79 Å². The third kappa shape index (κ3) is 2.92. The lowest BCUT2D eigenvalue weighted by atomic mass is 10.1. The maximum absolute atomic E-state index is 11.3. The van der Waals surface area contributed by atoms with E-state index in [1.807, 2.05) is 0 Å². The number of carbonyl (C=O) groups is 1. The van der Waals surface area contributed by atoms with Gasteiger partial charge in [-0.15, -0.1) is 0 Å². The van der Waals surface area contributed by atoms with Gasteiger partial charge in [-0.2, -0.15) is 5.26 Å². The van der Waals surface area contributed by atoms with Crippen LogP contribution in [0.15, 0.2) is 17.7 Å². The average Bonchev–Trinajstić information content (AvgIpc) is 2.33. The van der Waals surface area contributed by atoms with E-state index in [2.05, 4.69) is 4.74 Å². The van der Waals surface area contributed by atoms with Gasteiger partial charge in [0.1, 0.15) is 11.6 Å². The van der Waals surface area contributed by atoms with E-state index in [4.69, 9.17) is 10.4 Å². The predicted molar refractivity (Wildman–Crippen MR) is 61.7 cm³/mol. The first-order valence-corrected chi connectivity index (χ1v) is 5.03. The molecule has 18 heavy (non-hydrogen) atoms. The van der Waals surface area contributed by atoms with Crippen LogP contribution in [0.2, 0.25) is 0 Å². The van der Waals surface area contributed by atoms with E-state index >= 15 is 0 Å². The van der Waals surface area contributed by atoms with Gasteiger partial charge in [-0.3, -0.25) is 0 Å². The molecule has 0 saturated carbocycles. The number of phenolic OH excluding ortho intramolecular Hbond substituents is 3. The van der Waals surface area contributed by atoms with Crippen LogP contribution in [-0.4, -0.2) is 27.9 Å². The monoisotopic (exact) mass is 249 g/mol. The van der Waals surface area contributed by atoms with Crippen LogP contribution >= 0.6 is 0 Å². The van der Waals surface area contributed by atoms with Crippen LogP contribution in [-0.2, 0) is 9.53 Å². The van der Waals surface area contributed by atoms with Gasteiger partial charge >= 0.3 is 5.97 Å². The average molecular weight is 249 g/mol. The van der Waals surface area contributed by atoms with Crippen LogP contribution in [0.1, 0.15) is 12.5 Å². The summed E-state index contributed by atoms with van der Waals surface area (Å²) in [5.74, 6) is -2.57. The fourth-order valence-electron chi connectivity index (χ4n) is 1.22. The Morgan fingerprint density at radius 3 is 2.39 bits per heavy atom. The summed E-state index contributed by atoms with van der Waals surface area (Å²) in [4.78, 5) is 11.3. The van der Waals surface area contributed by atoms with Crippen molar-refractivity contribution >= 4 is 12.0 Å². The Kier molecular flexibility index (Phi) is 4.16. The maximum atomic E-state index is 11.3. The lowest BCUT2D eigenvalue weighted by Gasteiger charge is -2.03. The van der Waals surface area contributed by atoms with E-state index < -0.39 is 23.2 Å². The smallest absolute Gasteiger partial charge is 0.348 e. The molecule has 1 aromatic rings. The highest BCUT2D eigenvalue weighted by molar-refractivity contribution is 5.98. The van der Waals surface area contributed by atoms with Crippen molar-refractivity contribution in [3.63, 3.8) is 0 Å². The molecule has 1 aromatic carbocycles. The molecule has 94 valence electrons. The third-order valence-electron chi connectivity index (χ3n) is 2.02. The zero-order chi connectivity index (χ0) is 13.7. The van der Waals surface area contributed by atoms with E-state index in [-0.39, 0.29) is 17.7 Å². The van der Waals surface area contributed by atoms with E-state index in [0.29, 0.717) is 0 Å². The highest BCUT2D eigenvalue weighted by Crippen LogP contribution is 2.35. The van der Waals surface area contributed by atoms with Gasteiger partial charge in [0.05, 0.1) is 6.61 Å². The zero-order valence-electron chi connectivity index (χ0n) is 9.54. The minimum Gasteiger partial charge on any atom is -0.504 e. The highest BCUT2D eigenvalue weighted by atomic mass is 16.5. The number of nitriles is 1. The van der Waals surface area contributed by atoms with Crippen molar-refractivity contribution in [2.45, 2.75) is 6.92 Å². The van der Waals surface area contributed by atoms with Crippen LogP contribution in [0.25, 0.3) is 6.08 Å². The van der Waals surface area contributed by atoms with Crippen LogP contribution in [0.4, 0.5) is 0 Å². The molecule has 1 rings (SSSR count). The molecule has 0 radical (unpaired) electrons. The van der Waals surface area contributed by atoms with Gasteiger partial charge in [0, 0.05) is 0 Å². The van der Waals surface area contributed by atoms with E-state index in [1.54, 1.807) is 13.0 Å². The van der Waals surface area contributed by atoms with Crippen molar-refractivity contribution in [3.8, 4) is 23.3 Å². The molecule has 6 heteroatoms. The quantitative estimate of drug-likeness (QED) is 0.322. The first-order chi connectivity index (χ1) is 8.49. The molecule has 3 N–H and O–H groups in total. The summed E-state index contributed by atoms with van der Waals surface area (Å²) in [5, 5.41) is 36.5. The number of rotatable bonds is 3. The molecular weight excluding hydrogens is 238 g/mol. The number of nitrogens with zero attached hydrogens (tertiary/aromatic N) is 1. The van der Waals surface area contributed by atoms with Crippen LogP contribution < -0.4 is 0 Å². The number of benzene rings is 1. The summed E-state index contributed by atoms with van der Waals surface area (Å²) in [6.07, 6.45) is 1.14. The fraction of sp³-hybridized carbons (Fsp3) is 0.167. The van der Waals surface area contributed by atoms with Crippen molar-refractivity contribution in [2.75, 3.05) is 6.61 Å². The lowest BCUT2D eigenvalue weighted by Crippen LogP contribution is -2.05. The van der Waals surface area contributed by atoms with Crippen molar-refractivity contribution in [2.24, 2.45) is 0 Å². The minimum atomic E-state index is -0.799. The number of ether oxygens (including phenoxy) is 1. The topological polar surface area (TPSA) is 111 Å². The molecule has 0 unspecified atom stereocenters. The molecule has 0 bridgehead atoms. The summed E-state index contributed by atoms with van der Waals surface area (Å²) < 4.78 is 4.65. The van der Waals surface area contributed by atoms with Crippen molar-refractivity contribution < 1.29 is 24.9 Å². The molecule has 0 saturated heterocycles. The number of esters is 1. The van der Waals surface area contributed by atoms with Crippen molar-refractivity contribution in [1.82, 2.24) is 0 Å². The largest absolute Gasteiger partial charge is 0.504 e. The van der Waals surface area contributed by atoms with Crippen molar-refractivity contribution in [1.29, 1.82) is 5.26 Å². The maximum Gasteiger partial charge on any atom is 0.348 e. The normalized spacial score (nSPS) is 10.8. The van der Waals surface area contributed by atoms with Gasteiger partial charge in [0.2, 0.25) is 0 Å². The van der Waals surface area contributed by atoms with E-state index in [9.17, 15) is 15.0 Å². The Morgan fingerprint density at radius 1 is 1.39 bits per heavy atom. The number of hydrogen-bond acceptors (Lipinski definition) is 6. The molecule has 6 nitrogen and oxygen atoms in total. The molecule has 0 aromatic heterocycles. The molecular formula is C12H11NO5. The molecule has 0 aliphatic carbocycles. The predicted octanol–water partition coefficient (Wildman–Crippen LogP) is 1.27. The number of phenols is 3. The van der Waals surface area contributed by atoms with Gasteiger partial charge < -0.3 is 20.1 Å². The first kappa shape index (κ1) is 13.4. The zero-order valence-corrected chi connectivity index (χ0v) is 9.54. The molecule has 0 heterocycles. The molecule has 0 amide bonds. The number of carbonyl (C=O) groups excluding carboxylic acids is 1. The van der Waals surface area contributed by atoms with Crippen LogP contribution in [0, 0.1) is 11.3 Å². The Labute approximate surface area is 103 Å². The van der Waals surface area contributed by atoms with E-state index in [1.165, 1.54) is 0 Å². The van der Waals surface area contributed by atoms with Gasteiger partial charge in [0.25, 0.3) is 0 Å². The molecule has 0 fully saturated rings. The molecule has 0 spiro atoms. The Morgan fingerprint density at radius 2 is 1.94 bits per heavy atom. The molecule has 0 atom stereocenters. The minimum absolute atomic E-state index is 0.129. The number of aromatic hydroxyl groups is 3.